The summed E-state index contributed by atoms with van der Waals surface area (Å²) in [6.45, 7) is 2.16. The van der Waals surface area contributed by atoms with Crippen molar-refractivity contribution in [1.29, 1.82) is 0 Å². The molecule has 0 saturated heterocycles. The predicted octanol–water partition coefficient (Wildman–Crippen LogP) is 3.72. The van der Waals surface area contributed by atoms with Crippen molar-refractivity contribution in [3.8, 4) is 0 Å². The Kier molecular flexibility index (Phi) is 3.82. The predicted molar refractivity (Wildman–Crippen MR) is 88.3 cm³/mol. The first kappa shape index (κ1) is 13.6. The molecule has 0 saturated carbocycles. The number of aromatic nitrogens is 1. The van der Waals surface area contributed by atoms with Crippen LogP contribution in [-0.2, 0) is 0 Å². The number of nitrogens with zero attached hydrogens (tertiary/aromatic N) is 2. The number of hydrogen-bond donors (Lipinski definition) is 1. The Bertz CT molecular complexity index is 669. The smallest absolute Gasteiger partial charge is 0.0697 e. The first-order chi connectivity index (χ1) is 10.2. The largest absolute Gasteiger partial charge is 0.399 e. The minimum atomic E-state index is 0.365. The summed E-state index contributed by atoms with van der Waals surface area (Å²) in [7, 11) is 0. The third kappa shape index (κ3) is 3.19. The van der Waals surface area contributed by atoms with E-state index in [1.165, 1.54) is 5.57 Å². The normalized spacial score (nSPS) is 20.3. The number of nitrogen functional groups attached to an aromatic ring is 1. The molecule has 0 aliphatic carbocycles. The van der Waals surface area contributed by atoms with Crippen LogP contribution in [0.25, 0.3) is 6.08 Å². The third-order valence-corrected chi connectivity index (χ3v) is 3.70. The van der Waals surface area contributed by atoms with Crippen molar-refractivity contribution in [1.82, 2.24) is 4.98 Å². The van der Waals surface area contributed by atoms with Gasteiger partial charge in [-0.2, -0.15) is 0 Å². The fourth-order valence-electron chi connectivity index (χ4n) is 2.55. The Morgan fingerprint density at radius 1 is 1.19 bits per heavy atom. The maximum atomic E-state index is 5.74. The van der Waals surface area contributed by atoms with E-state index in [1.54, 1.807) is 6.20 Å². The van der Waals surface area contributed by atoms with Crippen LogP contribution in [0.2, 0.25) is 0 Å². The second-order valence-electron chi connectivity index (χ2n) is 5.44. The molecule has 0 radical (unpaired) electrons. The van der Waals surface area contributed by atoms with E-state index < -0.39 is 0 Å². The van der Waals surface area contributed by atoms with Crippen LogP contribution < -0.4 is 5.73 Å². The number of aliphatic imine (C=N–C) groups is 1. The van der Waals surface area contributed by atoms with Gasteiger partial charge >= 0.3 is 0 Å². The standard InChI is InChI=1S/C18H19N3/c1-13-4-7-15(11-14-5-8-17(19)9-6-14)18(21-13)16-3-2-10-20-12-16/h2-3,5-6,8-13H,4,7,19H2,1H3. The van der Waals surface area contributed by atoms with Crippen LogP contribution in [-0.4, -0.2) is 16.7 Å². The minimum Gasteiger partial charge on any atom is -0.399 e. The van der Waals surface area contributed by atoms with Gasteiger partial charge in [0.15, 0.2) is 0 Å². The molecule has 0 fully saturated rings. The van der Waals surface area contributed by atoms with Crippen molar-refractivity contribution in [3.63, 3.8) is 0 Å². The number of benzene rings is 1. The lowest BCUT2D eigenvalue weighted by molar-refractivity contribution is 0.655. The second-order valence-corrected chi connectivity index (χ2v) is 5.44. The van der Waals surface area contributed by atoms with Gasteiger partial charge in [0.25, 0.3) is 0 Å². The number of anilines is 1. The fraction of sp³-hybridized carbons (Fsp3) is 0.222. The Hall–Kier alpha value is -2.42. The Morgan fingerprint density at radius 2 is 2.00 bits per heavy atom. The number of rotatable bonds is 2. The van der Waals surface area contributed by atoms with Crippen molar-refractivity contribution in [3.05, 3.63) is 65.5 Å². The molecule has 106 valence electrons. The van der Waals surface area contributed by atoms with Crippen LogP contribution in [0.3, 0.4) is 0 Å². The molecular formula is C18H19N3. The average Bonchev–Trinajstić information content (AvgIpc) is 2.52. The summed E-state index contributed by atoms with van der Waals surface area (Å²) < 4.78 is 0. The maximum Gasteiger partial charge on any atom is 0.0697 e. The summed E-state index contributed by atoms with van der Waals surface area (Å²) >= 11 is 0. The quantitative estimate of drug-likeness (QED) is 0.851. The molecule has 1 aliphatic rings. The average molecular weight is 277 g/mol. The van der Waals surface area contributed by atoms with E-state index in [2.05, 4.69) is 24.1 Å². The van der Waals surface area contributed by atoms with Crippen LogP contribution in [0.15, 0.2) is 59.4 Å². The highest BCUT2D eigenvalue weighted by molar-refractivity contribution is 6.15. The molecule has 0 amide bonds. The number of nitrogens with two attached hydrogens (primary N) is 1. The summed E-state index contributed by atoms with van der Waals surface area (Å²) in [5.41, 5.74) is 11.1. The monoisotopic (exact) mass is 277 g/mol. The van der Waals surface area contributed by atoms with E-state index in [0.29, 0.717) is 6.04 Å². The Morgan fingerprint density at radius 3 is 2.71 bits per heavy atom. The van der Waals surface area contributed by atoms with Gasteiger partial charge in [-0.1, -0.05) is 12.1 Å². The summed E-state index contributed by atoms with van der Waals surface area (Å²) in [5.74, 6) is 0. The second kappa shape index (κ2) is 5.92. The molecule has 3 nitrogen and oxygen atoms in total. The van der Waals surface area contributed by atoms with Crippen molar-refractivity contribution < 1.29 is 0 Å². The molecule has 1 aliphatic heterocycles. The van der Waals surface area contributed by atoms with E-state index in [4.69, 9.17) is 10.7 Å². The molecule has 2 N–H and O–H groups in total. The number of hydrogen-bond acceptors (Lipinski definition) is 3. The SMILES string of the molecule is CC1CCC(=Cc2ccc(N)cc2)C(c2cccnc2)=N1. The lowest BCUT2D eigenvalue weighted by atomic mass is 9.92. The van der Waals surface area contributed by atoms with Crippen LogP contribution in [0.4, 0.5) is 5.69 Å². The summed E-state index contributed by atoms with van der Waals surface area (Å²) in [6, 6.07) is 12.3. The van der Waals surface area contributed by atoms with Crippen LogP contribution in [0.5, 0.6) is 0 Å². The van der Waals surface area contributed by atoms with E-state index in [0.717, 1.165) is 35.4 Å². The molecule has 3 rings (SSSR count). The van der Waals surface area contributed by atoms with Crippen LogP contribution >= 0.6 is 0 Å². The molecular weight excluding hydrogens is 258 g/mol. The Balaban J connectivity index is 2.00. The topological polar surface area (TPSA) is 51.3 Å². The zero-order chi connectivity index (χ0) is 14.7. The van der Waals surface area contributed by atoms with Gasteiger partial charge in [-0.3, -0.25) is 9.98 Å². The first-order valence-corrected chi connectivity index (χ1v) is 7.27. The summed E-state index contributed by atoms with van der Waals surface area (Å²) in [6.07, 6.45) is 8.01. The lowest BCUT2D eigenvalue weighted by Gasteiger charge is -2.20. The number of allylic oxidation sites excluding steroid dienone is 1. The van der Waals surface area contributed by atoms with E-state index >= 15 is 0 Å². The highest BCUT2D eigenvalue weighted by atomic mass is 14.8. The molecule has 2 heterocycles. The third-order valence-electron chi connectivity index (χ3n) is 3.70. The highest BCUT2D eigenvalue weighted by Crippen LogP contribution is 2.25. The van der Waals surface area contributed by atoms with Crippen molar-refractivity contribution in [2.75, 3.05) is 5.73 Å². The van der Waals surface area contributed by atoms with Gasteiger partial charge < -0.3 is 5.73 Å². The molecule has 0 spiro atoms. The van der Waals surface area contributed by atoms with E-state index in [-0.39, 0.29) is 0 Å². The molecule has 2 aromatic rings. The van der Waals surface area contributed by atoms with Gasteiger partial charge in [0.05, 0.1) is 5.71 Å². The Labute approximate surface area is 125 Å². The van der Waals surface area contributed by atoms with Gasteiger partial charge in [0.1, 0.15) is 0 Å². The molecule has 1 aromatic heterocycles. The molecule has 21 heavy (non-hydrogen) atoms. The maximum absolute atomic E-state index is 5.74. The molecule has 1 unspecified atom stereocenters. The summed E-state index contributed by atoms with van der Waals surface area (Å²) in [5, 5.41) is 0. The van der Waals surface area contributed by atoms with E-state index in [9.17, 15) is 0 Å². The van der Waals surface area contributed by atoms with Gasteiger partial charge in [0.2, 0.25) is 0 Å². The van der Waals surface area contributed by atoms with Gasteiger partial charge in [-0.25, -0.2) is 0 Å². The first-order valence-electron chi connectivity index (χ1n) is 7.27. The minimum absolute atomic E-state index is 0.365. The lowest BCUT2D eigenvalue weighted by Crippen LogP contribution is -2.16. The van der Waals surface area contributed by atoms with Gasteiger partial charge in [-0.05, 0) is 61.2 Å². The van der Waals surface area contributed by atoms with E-state index in [1.807, 2.05) is 36.5 Å². The van der Waals surface area contributed by atoms with Gasteiger partial charge in [0, 0.05) is 29.7 Å². The van der Waals surface area contributed by atoms with Gasteiger partial charge in [-0.15, -0.1) is 0 Å². The van der Waals surface area contributed by atoms with Crippen molar-refractivity contribution in [2.24, 2.45) is 4.99 Å². The fourth-order valence-corrected chi connectivity index (χ4v) is 2.55. The number of pyridine rings is 1. The van der Waals surface area contributed by atoms with Crippen LogP contribution in [0, 0.1) is 0 Å². The molecule has 0 bridgehead atoms. The summed E-state index contributed by atoms with van der Waals surface area (Å²) in [4.78, 5) is 9.04. The molecule has 1 atom stereocenters. The van der Waals surface area contributed by atoms with Crippen LogP contribution in [0.1, 0.15) is 30.9 Å². The van der Waals surface area contributed by atoms with Crippen molar-refractivity contribution >= 4 is 17.5 Å². The zero-order valence-corrected chi connectivity index (χ0v) is 12.2. The van der Waals surface area contributed by atoms with Crippen molar-refractivity contribution in [2.45, 2.75) is 25.8 Å². The molecule has 3 heteroatoms. The molecule has 1 aromatic carbocycles. The highest BCUT2D eigenvalue weighted by Gasteiger charge is 2.17. The zero-order valence-electron chi connectivity index (χ0n) is 12.2.